The van der Waals surface area contributed by atoms with Gasteiger partial charge in [0.25, 0.3) is 0 Å². The van der Waals surface area contributed by atoms with Crippen LogP contribution in [-0.4, -0.2) is 26.9 Å². The lowest BCUT2D eigenvalue weighted by Crippen LogP contribution is -2.33. The molecule has 0 saturated heterocycles. The Labute approximate surface area is 160 Å². The molecule has 4 rings (SSSR count). The number of nitrogens with one attached hydrogen (secondary N) is 2. The van der Waals surface area contributed by atoms with Crippen molar-refractivity contribution >= 4 is 35.0 Å². The van der Waals surface area contributed by atoms with Gasteiger partial charge < -0.3 is 10.2 Å². The van der Waals surface area contributed by atoms with E-state index in [4.69, 9.17) is 0 Å². The molecule has 3 aromatic rings. The number of rotatable bonds is 4. The fraction of sp³-hybridized carbons (Fsp3) is 0.150. The number of anilines is 1. The molecule has 1 aliphatic heterocycles. The summed E-state index contributed by atoms with van der Waals surface area (Å²) in [5.74, 6) is 0.177. The van der Waals surface area contributed by atoms with Gasteiger partial charge in [-0.15, -0.1) is 11.3 Å². The SMILES string of the molecule is CC(=O)N1C=Cc2ccccc2C1CC(=O)Nc1cc(-c2cccs2)[nH]n1. The number of hydrogen-bond acceptors (Lipinski definition) is 4. The molecule has 3 heterocycles. The van der Waals surface area contributed by atoms with Gasteiger partial charge in [0, 0.05) is 19.2 Å². The van der Waals surface area contributed by atoms with Crippen molar-refractivity contribution in [2.45, 2.75) is 19.4 Å². The molecule has 1 atom stereocenters. The maximum absolute atomic E-state index is 12.6. The summed E-state index contributed by atoms with van der Waals surface area (Å²) in [7, 11) is 0. The van der Waals surface area contributed by atoms with E-state index in [1.165, 1.54) is 6.92 Å². The highest BCUT2D eigenvalue weighted by Crippen LogP contribution is 2.33. The van der Waals surface area contributed by atoms with E-state index < -0.39 is 0 Å². The molecule has 6 nitrogen and oxygen atoms in total. The van der Waals surface area contributed by atoms with Gasteiger partial charge >= 0.3 is 0 Å². The second-order valence-electron chi connectivity index (χ2n) is 6.28. The minimum atomic E-state index is -0.334. The van der Waals surface area contributed by atoms with Crippen molar-refractivity contribution in [1.82, 2.24) is 15.1 Å². The summed E-state index contributed by atoms with van der Waals surface area (Å²) in [5.41, 5.74) is 2.84. The molecule has 0 fully saturated rings. The van der Waals surface area contributed by atoms with E-state index in [2.05, 4.69) is 15.5 Å². The summed E-state index contributed by atoms with van der Waals surface area (Å²) in [5, 5.41) is 11.9. The monoisotopic (exact) mass is 378 g/mol. The summed E-state index contributed by atoms with van der Waals surface area (Å²) in [6.07, 6.45) is 3.79. The first-order chi connectivity index (χ1) is 13.1. The molecule has 2 N–H and O–H groups in total. The molecule has 7 heteroatoms. The van der Waals surface area contributed by atoms with Gasteiger partial charge in [0.15, 0.2) is 5.82 Å². The Hall–Kier alpha value is -3.19. The van der Waals surface area contributed by atoms with E-state index in [1.54, 1.807) is 28.5 Å². The average molecular weight is 378 g/mol. The van der Waals surface area contributed by atoms with Gasteiger partial charge in [0.2, 0.25) is 11.8 Å². The number of carbonyl (C=O) groups excluding carboxylic acids is 2. The molecule has 0 radical (unpaired) electrons. The highest BCUT2D eigenvalue weighted by Gasteiger charge is 2.28. The van der Waals surface area contributed by atoms with E-state index in [0.29, 0.717) is 5.82 Å². The maximum Gasteiger partial charge on any atom is 0.228 e. The van der Waals surface area contributed by atoms with Crippen LogP contribution in [0.2, 0.25) is 0 Å². The van der Waals surface area contributed by atoms with Crippen LogP contribution in [0.4, 0.5) is 5.82 Å². The number of fused-ring (bicyclic) bond motifs is 1. The van der Waals surface area contributed by atoms with E-state index in [0.717, 1.165) is 21.7 Å². The first-order valence-electron chi connectivity index (χ1n) is 8.57. The Morgan fingerprint density at radius 1 is 1.26 bits per heavy atom. The number of amides is 2. The lowest BCUT2D eigenvalue weighted by molar-refractivity contribution is -0.129. The molecule has 2 amide bonds. The standard InChI is InChI=1S/C20H18N4O2S/c1-13(25)24-9-8-14-5-2-3-6-15(14)17(24)12-20(26)21-19-11-16(22-23-19)18-7-4-10-27-18/h2-11,17H,12H2,1H3,(H2,21,22,23,26). The van der Waals surface area contributed by atoms with Crippen molar-refractivity contribution in [2.24, 2.45) is 0 Å². The molecule has 1 unspecified atom stereocenters. The number of benzene rings is 1. The zero-order valence-electron chi connectivity index (χ0n) is 14.7. The van der Waals surface area contributed by atoms with Gasteiger partial charge in [-0.3, -0.25) is 14.7 Å². The first kappa shape index (κ1) is 17.2. The number of aromatic amines is 1. The molecular weight excluding hydrogens is 360 g/mol. The van der Waals surface area contributed by atoms with Gasteiger partial charge in [-0.05, 0) is 28.6 Å². The lowest BCUT2D eigenvalue weighted by atomic mass is 9.93. The molecule has 0 spiro atoms. The normalized spacial score (nSPS) is 15.4. The second kappa shape index (κ2) is 7.20. The topological polar surface area (TPSA) is 78.1 Å². The number of thiophene rings is 1. The van der Waals surface area contributed by atoms with E-state index in [1.807, 2.05) is 47.9 Å². The van der Waals surface area contributed by atoms with Crippen LogP contribution in [0.1, 0.15) is 30.5 Å². The number of aromatic nitrogens is 2. The molecule has 27 heavy (non-hydrogen) atoms. The molecule has 1 aromatic carbocycles. The fourth-order valence-electron chi connectivity index (χ4n) is 3.23. The quantitative estimate of drug-likeness (QED) is 0.719. The van der Waals surface area contributed by atoms with Crippen molar-refractivity contribution in [1.29, 1.82) is 0 Å². The zero-order valence-corrected chi connectivity index (χ0v) is 15.5. The number of H-pyrrole nitrogens is 1. The summed E-state index contributed by atoms with van der Waals surface area (Å²) < 4.78 is 0. The molecule has 0 saturated carbocycles. The molecule has 0 bridgehead atoms. The van der Waals surface area contributed by atoms with Crippen LogP contribution in [0, 0.1) is 0 Å². The predicted molar refractivity (Wildman–Crippen MR) is 106 cm³/mol. The van der Waals surface area contributed by atoms with Gasteiger partial charge in [-0.25, -0.2) is 0 Å². The maximum atomic E-state index is 12.6. The van der Waals surface area contributed by atoms with Crippen molar-refractivity contribution in [2.75, 3.05) is 5.32 Å². The molecule has 136 valence electrons. The Bertz CT molecular complexity index is 1010. The molecular formula is C20H18N4O2S. The minimum Gasteiger partial charge on any atom is -0.311 e. The summed E-state index contributed by atoms with van der Waals surface area (Å²) in [6.45, 7) is 1.50. The largest absolute Gasteiger partial charge is 0.311 e. The number of hydrogen-bond donors (Lipinski definition) is 2. The third kappa shape index (κ3) is 3.54. The van der Waals surface area contributed by atoms with Crippen molar-refractivity contribution in [3.05, 3.63) is 65.2 Å². The summed E-state index contributed by atoms with van der Waals surface area (Å²) >= 11 is 1.60. The van der Waals surface area contributed by atoms with Crippen molar-refractivity contribution < 1.29 is 9.59 Å². The number of carbonyl (C=O) groups is 2. The van der Waals surface area contributed by atoms with Gasteiger partial charge in [0.05, 0.1) is 23.0 Å². The average Bonchev–Trinajstić information content (AvgIpc) is 3.33. The minimum absolute atomic E-state index is 0.0988. The van der Waals surface area contributed by atoms with Crippen LogP contribution >= 0.6 is 11.3 Å². The highest BCUT2D eigenvalue weighted by atomic mass is 32.1. The van der Waals surface area contributed by atoms with Gasteiger partial charge in [0.1, 0.15) is 0 Å². The summed E-state index contributed by atoms with van der Waals surface area (Å²) in [6, 6.07) is 13.2. The van der Waals surface area contributed by atoms with Crippen LogP contribution in [0.5, 0.6) is 0 Å². The van der Waals surface area contributed by atoms with E-state index in [9.17, 15) is 9.59 Å². The van der Waals surface area contributed by atoms with Crippen LogP contribution in [0.15, 0.2) is 54.0 Å². The van der Waals surface area contributed by atoms with Gasteiger partial charge in [-0.2, -0.15) is 5.10 Å². The summed E-state index contributed by atoms with van der Waals surface area (Å²) in [4.78, 5) is 27.3. The molecule has 2 aromatic heterocycles. The van der Waals surface area contributed by atoms with Crippen molar-refractivity contribution in [3.8, 4) is 10.6 Å². The third-order valence-electron chi connectivity index (χ3n) is 4.48. The Morgan fingerprint density at radius 3 is 2.89 bits per heavy atom. The van der Waals surface area contributed by atoms with E-state index in [-0.39, 0.29) is 24.3 Å². The number of nitrogens with zero attached hydrogens (tertiary/aromatic N) is 2. The Kier molecular flexibility index (Phi) is 4.60. The van der Waals surface area contributed by atoms with Crippen LogP contribution in [-0.2, 0) is 9.59 Å². The van der Waals surface area contributed by atoms with Crippen LogP contribution in [0.3, 0.4) is 0 Å². The Morgan fingerprint density at radius 2 is 2.11 bits per heavy atom. The zero-order chi connectivity index (χ0) is 18.8. The molecule has 0 aliphatic carbocycles. The van der Waals surface area contributed by atoms with Gasteiger partial charge in [-0.1, -0.05) is 30.3 Å². The van der Waals surface area contributed by atoms with Crippen LogP contribution < -0.4 is 5.32 Å². The smallest absolute Gasteiger partial charge is 0.228 e. The predicted octanol–water partition coefficient (Wildman–Crippen LogP) is 4.04. The Balaban J connectivity index is 1.51. The van der Waals surface area contributed by atoms with Crippen LogP contribution in [0.25, 0.3) is 16.6 Å². The van der Waals surface area contributed by atoms with E-state index >= 15 is 0 Å². The fourth-order valence-corrected chi connectivity index (χ4v) is 3.92. The first-order valence-corrected chi connectivity index (χ1v) is 9.45. The molecule has 1 aliphatic rings. The second-order valence-corrected chi connectivity index (χ2v) is 7.23. The highest BCUT2D eigenvalue weighted by molar-refractivity contribution is 7.13. The third-order valence-corrected chi connectivity index (χ3v) is 5.38. The van der Waals surface area contributed by atoms with Crippen molar-refractivity contribution in [3.63, 3.8) is 0 Å². The lowest BCUT2D eigenvalue weighted by Gasteiger charge is -2.32.